The molecular weight excluding hydrogens is 382 g/mol. The van der Waals surface area contributed by atoms with E-state index in [1.165, 1.54) is 11.3 Å². The molecule has 0 bridgehead atoms. The normalized spacial score (nSPS) is 10.4. The first kappa shape index (κ1) is 21.5. The van der Waals surface area contributed by atoms with Gasteiger partial charge in [0.1, 0.15) is 0 Å². The van der Waals surface area contributed by atoms with Crippen molar-refractivity contribution in [2.75, 3.05) is 11.2 Å². The summed E-state index contributed by atoms with van der Waals surface area (Å²) in [6, 6.07) is 22.2. The molecule has 1 heterocycles. The molecule has 0 radical (unpaired) electrons. The number of thiophene rings is 1. The first-order valence-electron chi connectivity index (χ1n) is 8.67. The van der Waals surface area contributed by atoms with E-state index in [9.17, 15) is 4.79 Å². The van der Waals surface area contributed by atoms with Gasteiger partial charge in [0.2, 0.25) is 0 Å². The molecule has 0 aliphatic carbocycles. The molecule has 1 aromatic heterocycles. The second-order valence-electron chi connectivity index (χ2n) is 5.57. The number of hydrogen-bond donors (Lipinski definition) is 1. The first-order valence-corrected chi connectivity index (χ1v) is 10.4. The predicted octanol–water partition coefficient (Wildman–Crippen LogP) is 7.17. The number of aldehydes is 1. The zero-order chi connectivity index (χ0) is 20.4. The smallest absolute Gasteiger partial charge is 0.160 e. The van der Waals surface area contributed by atoms with Crippen molar-refractivity contribution in [3.8, 4) is 10.4 Å². The van der Waals surface area contributed by atoms with Gasteiger partial charge in [-0.15, -0.1) is 11.3 Å². The van der Waals surface area contributed by atoms with Crippen molar-refractivity contribution in [3.05, 3.63) is 109 Å². The van der Waals surface area contributed by atoms with Crippen LogP contribution in [0.25, 0.3) is 10.4 Å². The minimum absolute atomic E-state index is 0.734. The highest BCUT2D eigenvalue weighted by Gasteiger charge is 2.12. The Morgan fingerprint density at radius 3 is 2.11 bits per heavy atom. The van der Waals surface area contributed by atoms with Crippen LogP contribution in [-0.4, -0.2) is 12.5 Å². The Morgan fingerprint density at radius 1 is 0.929 bits per heavy atom. The van der Waals surface area contributed by atoms with Gasteiger partial charge >= 0.3 is 0 Å². The fourth-order valence-corrected chi connectivity index (χ4v) is 3.55. The number of benzene rings is 2. The van der Waals surface area contributed by atoms with Crippen LogP contribution in [0, 0.1) is 0 Å². The van der Waals surface area contributed by atoms with Crippen LogP contribution < -0.4 is 4.90 Å². The average Bonchev–Trinajstić information content (AvgIpc) is 3.25. The summed E-state index contributed by atoms with van der Waals surface area (Å²) in [5.74, 6) is 0. The summed E-state index contributed by atoms with van der Waals surface area (Å²) in [7, 11) is 0. The number of rotatable bonds is 7. The lowest BCUT2D eigenvalue weighted by atomic mass is 10.1. The van der Waals surface area contributed by atoms with Crippen LogP contribution in [0.2, 0.25) is 0 Å². The number of nitrogens with zero attached hydrogens (tertiary/aromatic N) is 1. The maximum Gasteiger partial charge on any atom is 0.160 e. The molecule has 0 unspecified atom stereocenters. The molecule has 0 aliphatic heterocycles. The Balaban J connectivity index is 0.00000136. The van der Waals surface area contributed by atoms with Crippen LogP contribution >= 0.6 is 24.0 Å². The highest BCUT2D eigenvalue weighted by molar-refractivity contribution is 7.79. The largest absolute Gasteiger partial charge is 0.311 e. The fourth-order valence-electron chi connectivity index (χ4n) is 2.72. The van der Waals surface area contributed by atoms with Crippen LogP contribution in [0.1, 0.15) is 9.67 Å². The second-order valence-corrected chi connectivity index (χ2v) is 6.68. The van der Waals surface area contributed by atoms with E-state index in [1.54, 1.807) is 12.3 Å². The van der Waals surface area contributed by atoms with Gasteiger partial charge in [0, 0.05) is 21.9 Å². The van der Waals surface area contributed by atoms with Crippen molar-refractivity contribution < 1.29 is 4.79 Å². The summed E-state index contributed by atoms with van der Waals surface area (Å²) in [5, 5.41) is 0. The van der Waals surface area contributed by atoms with Crippen molar-refractivity contribution in [2.24, 2.45) is 0 Å². The lowest BCUT2D eigenvalue weighted by Gasteiger charge is -2.26. The van der Waals surface area contributed by atoms with Crippen molar-refractivity contribution in [1.29, 1.82) is 0 Å². The van der Waals surface area contributed by atoms with Crippen molar-refractivity contribution in [3.63, 3.8) is 0 Å². The molecule has 2 aromatic carbocycles. The van der Waals surface area contributed by atoms with E-state index in [0.29, 0.717) is 0 Å². The van der Waals surface area contributed by atoms with Gasteiger partial charge in [0.15, 0.2) is 6.29 Å². The van der Waals surface area contributed by atoms with E-state index in [4.69, 9.17) is 0 Å². The third-order valence-electron chi connectivity index (χ3n) is 3.92. The van der Waals surface area contributed by atoms with Gasteiger partial charge in [-0.2, -0.15) is 12.6 Å². The second kappa shape index (κ2) is 11.1. The third kappa shape index (κ3) is 5.12. The standard InChI is InChI=1S/C23H19NOS.CH4S/c1-3-8-19(4-2)24(20-9-6-5-7-10-20)21-13-11-18(12-14-21)23-16-15-22(17-25)26-23;1-2/h3-17H,1-2H2;2H,1H3/b19-8+;. The summed E-state index contributed by atoms with van der Waals surface area (Å²) in [5.41, 5.74) is 4.11. The SMILES string of the molecule is C=C/C=C(\C=C)N(c1ccccc1)c1ccc(-c2ccc(C=O)s2)cc1.CS. The van der Waals surface area contributed by atoms with Crippen molar-refractivity contribution >= 4 is 41.6 Å². The van der Waals surface area contributed by atoms with Gasteiger partial charge in [-0.3, -0.25) is 4.79 Å². The number of thiol groups is 1. The molecule has 28 heavy (non-hydrogen) atoms. The number of para-hydroxylation sites is 1. The molecule has 142 valence electrons. The number of carbonyl (C=O) groups excluding carboxylic acids is 1. The molecule has 4 heteroatoms. The number of allylic oxidation sites excluding steroid dienone is 3. The zero-order valence-corrected chi connectivity index (χ0v) is 17.5. The van der Waals surface area contributed by atoms with Gasteiger partial charge in [0.25, 0.3) is 0 Å². The van der Waals surface area contributed by atoms with Gasteiger partial charge in [-0.05, 0) is 60.4 Å². The van der Waals surface area contributed by atoms with Gasteiger partial charge in [0.05, 0.1) is 4.88 Å². The molecule has 3 aromatic rings. The topological polar surface area (TPSA) is 20.3 Å². The van der Waals surface area contributed by atoms with E-state index < -0.39 is 0 Å². The molecular formula is C24H23NOS2. The Bertz CT molecular complexity index is 940. The molecule has 0 spiro atoms. The van der Waals surface area contributed by atoms with E-state index in [2.05, 4.69) is 67.1 Å². The highest BCUT2D eigenvalue weighted by Crippen LogP contribution is 2.33. The van der Waals surface area contributed by atoms with E-state index in [-0.39, 0.29) is 0 Å². The monoisotopic (exact) mass is 405 g/mol. The van der Waals surface area contributed by atoms with E-state index in [0.717, 1.165) is 38.7 Å². The van der Waals surface area contributed by atoms with Gasteiger partial charge < -0.3 is 4.90 Å². The number of anilines is 2. The summed E-state index contributed by atoms with van der Waals surface area (Å²) in [4.78, 5) is 14.8. The molecule has 3 rings (SSSR count). The molecule has 0 N–H and O–H groups in total. The molecule has 0 aliphatic rings. The summed E-state index contributed by atoms with van der Waals surface area (Å²) in [6.07, 6.45) is 8.09. The molecule has 0 fully saturated rings. The molecule has 0 saturated carbocycles. The molecule has 0 atom stereocenters. The average molecular weight is 406 g/mol. The van der Waals surface area contributed by atoms with Crippen LogP contribution in [0.5, 0.6) is 0 Å². The molecule has 2 nitrogen and oxygen atoms in total. The van der Waals surface area contributed by atoms with Crippen LogP contribution in [-0.2, 0) is 0 Å². The first-order chi connectivity index (χ1) is 13.8. The van der Waals surface area contributed by atoms with Crippen molar-refractivity contribution in [2.45, 2.75) is 0 Å². The summed E-state index contributed by atoms with van der Waals surface area (Å²) in [6.45, 7) is 7.74. The predicted molar refractivity (Wildman–Crippen MR) is 127 cm³/mol. The van der Waals surface area contributed by atoms with Crippen LogP contribution in [0.15, 0.2) is 104 Å². The van der Waals surface area contributed by atoms with Crippen molar-refractivity contribution in [1.82, 2.24) is 0 Å². The highest BCUT2D eigenvalue weighted by atomic mass is 32.1. The quantitative estimate of drug-likeness (QED) is 0.255. The maximum atomic E-state index is 10.9. The summed E-state index contributed by atoms with van der Waals surface area (Å²) < 4.78 is 0. The van der Waals surface area contributed by atoms with Crippen LogP contribution in [0.3, 0.4) is 0 Å². The Kier molecular flexibility index (Phi) is 8.53. The lowest BCUT2D eigenvalue weighted by Crippen LogP contribution is -2.14. The molecule has 0 amide bonds. The number of carbonyl (C=O) groups is 1. The summed E-state index contributed by atoms with van der Waals surface area (Å²) >= 11 is 5.02. The maximum absolute atomic E-state index is 10.9. The van der Waals surface area contributed by atoms with Crippen LogP contribution in [0.4, 0.5) is 11.4 Å². The van der Waals surface area contributed by atoms with E-state index >= 15 is 0 Å². The minimum Gasteiger partial charge on any atom is -0.311 e. The Labute approximate surface area is 176 Å². The van der Waals surface area contributed by atoms with Gasteiger partial charge in [-0.25, -0.2) is 0 Å². The minimum atomic E-state index is 0.734. The fraction of sp³-hybridized carbons (Fsp3) is 0.0417. The lowest BCUT2D eigenvalue weighted by molar-refractivity contribution is 0.112. The Hall–Kier alpha value is -2.82. The zero-order valence-electron chi connectivity index (χ0n) is 15.8. The molecule has 0 saturated heterocycles. The van der Waals surface area contributed by atoms with E-state index in [1.807, 2.05) is 42.5 Å². The van der Waals surface area contributed by atoms with Gasteiger partial charge in [-0.1, -0.05) is 49.6 Å². The number of hydrogen-bond acceptors (Lipinski definition) is 4. The Morgan fingerprint density at radius 2 is 1.57 bits per heavy atom. The third-order valence-corrected chi connectivity index (χ3v) is 4.98.